The third kappa shape index (κ3) is 2.69. The first-order chi connectivity index (χ1) is 10.6. The Morgan fingerprint density at radius 1 is 1.18 bits per heavy atom. The van der Waals surface area contributed by atoms with Crippen LogP contribution in [-0.2, 0) is 5.54 Å². The van der Waals surface area contributed by atoms with E-state index < -0.39 is 5.54 Å². The molecule has 6 nitrogen and oxygen atoms in total. The van der Waals surface area contributed by atoms with E-state index in [0.29, 0.717) is 23.2 Å². The zero-order chi connectivity index (χ0) is 15.6. The summed E-state index contributed by atoms with van der Waals surface area (Å²) in [6.07, 6.45) is 6.57. The maximum atomic E-state index is 6.18. The van der Waals surface area contributed by atoms with E-state index in [1.165, 1.54) is 0 Å². The Kier molecular flexibility index (Phi) is 3.85. The molecule has 1 fully saturated rings. The van der Waals surface area contributed by atoms with E-state index in [1.54, 1.807) is 20.3 Å². The van der Waals surface area contributed by atoms with Crippen molar-refractivity contribution in [1.29, 1.82) is 0 Å². The highest BCUT2D eigenvalue weighted by molar-refractivity contribution is 5.67. The smallest absolute Gasteiger partial charge is 0.250 e. The Morgan fingerprint density at radius 2 is 1.95 bits per heavy atom. The Bertz CT molecular complexity index is 690. The lowest BCUT2D eigenvalue weighted by Crippen LogP contribution is -2.44. The van der Waals surface area contributed by atoms with Crippen LogP contribution in [0, 0.1) is 0 Å². The van der Waals surface area contributed by atoms with Crippen molar-refractivity contribution < 1.29 is 14.0 Å². The summed E-state index contributed by atoms with van der Waals surface area (Å²) in [5.74, 6) is 2.40. The topological polar surface area (TPSA) is 83.4 Å². The molecule has 2 aromatic rings. The number of aromatic nitrogens is 2. The molecule has 1 aromatic heterocycles. The fraction of sp³-hybridized carbons (Fsp3) is 0.375. The second-order valence-electron chi connectivity index (χ2n) is 5.41. The molecule has 0 atom stereocenters. The molecule has 1 heterocycles. The van der Waals surface area contributed by atoms with Gasteiger partial charge in [-0.3, -0.25) is 0 Å². The molecule has 1 aromatic carbocycles. The molecule has 0 spiro atoms. The van der Waals surface area contributed by atoms with E-state index in [1.807, 2.05) is 24.3 Å². The van der Waals surface area contributed by atoms with Crippen LogP contribution >= 0.6 is 0 Å². The van der Waals surface area contributed by atoms with Gasteiger partial charge in [-0.05, 0) is 43.0 Å². The molecule has 0 aliphatic heterocycles. The molecule has 0 unspecified atom stereocenters. The fourth-order valence-corrected chi connectivity index (χ4v) is 2.41. The van der Waals surface area contributed by atoms with Crippen LogP contribution in [0.25, 0.3) is 12.2 Å². The predicted molar refractivity (Wildman–Crippen MR) is 82.5 cm³/mol. The van der Waals surface area contributed by atoms with Crippen molar-refractivity contribution in [2.75, 3.05) is 14.2 Å². The molecule has 116 valence electrons. The summed E-state index contributed by atoms with van der Waals surface area (Å²) in [7, 11) is 3.21. The van der Waals surface area contributed by atoms with Crippen LogP contribution in [0.15, 0.2) is 22.7 Å². The summed E-state index contributed by atoms with van der Waals surface area (Å²) in [6, 6.07) is 5.65. The number of benzene rings is 1. The van der Waals surface area contributed by atoms with Gasteiger partial charge in [-0.25, -0.2) is 0 Å². The van der Waals surface area contributed by atoms with Gasteiger partial charge in [-0.1, -0.05) is 11.2 Å². The molecule has 0 saturated heterocycles. The van der Waals surface area contributed by atoms with Crippen molar-refractivity contribution in [2.45, 2.75) is 24.8 Å². The minimum absolute atomic E-state index is 0.404. The van der Waals surface area contributed by atoms with Crippen LogP contribution in [0.1, 0.15) is 36.5 Å². The Hall–Kier alpha value is -2.34. The van der Waals surface area contributed by atoms with Crippen molar-refractivity contribution in [3.05, 3.63) is 35.5 Å². The zero-order valence-electron chi connectivity index (χ0n) is 12.7. The first-order valence-electron chi connectivity index (χ1n) is 7.18. The van der Waals surface area contributed by atoms with E-state index in [9.17, 15) is 0 Å². The molecule has 22 heavy (non-hydrogen) atoms. The first-order valence-corrected chi connectivity index (χ1v) is 7.18. The number of nitrogens with zero attached hydrogens (tertiary/aromatic N) is 2. The predicted octanol–water partition coefficient (Wildman–Crippen LogP) is 2.60. The van der Waals surface area contributed by atoms with Crippen molar-refractivity contribution >= 4 is 12.2 Å². The quantitative estimate of drug-likeness (QED) is 0.914. The van der Waals surface area contributed by atoms with Crippen LogP contribution in [0.5, 0.6) is 11.5 Å². The minimum atomic E-state index is -0.404. The summed E-state index contributed by atoms with van der Waals surface area (Å²) >= 11 is 0. The maximum Gasteiger partial charge on any atom is 0.250 e. The average Bonchev–Trinajstić information content (AvgIpc) is 2.99. The third-order valence-electron chi connectivity index (χ3n) is 3.96. The lowest BCUT2D eigenvalue weighted by atomic mass is 9.77. The van der Waals surface area contributed by atoms with Crippen LogP contribution < -0.4 is 15.2 Å². The van der Waals surface area contributed by atoms with Gasteiger partial charge in [0.05, 0.1) is 19.8 Å². The molecule has 3 rings (SSSR count). The second kappa shape index (κ2) is 5.81. The van der Waals surface area contributed by atoms with Crippen molar-refractivity contribution in [1.82, 2.24) is 10.1 Å². The van der Waals surface area contributed by atoms with Gasteiger partial charge < -0.3 is 19.7 Å². The number of rotatable bonds is 5. The number of hydrogen-bond donors (Lipinski definition) is 1. The van der Waals surface area contributed by atoms with Crippen LogP contribution in [-0.4, -0.2) is 24.4 Å². The molecule has 0 amide bonds. The maximum absolute atomic E-state index is 6.18. The van der Waals surface area contributed by atoms with Gasteiger partial charge >= 0.3 is 0 Å². The van der Waals surface area contributed by atoms with Gasteiger partial charge in [0.25, 0.3) is 5.89 Å². The summed E-state index contributed by atoms with van der Waals surface area (Å²) in [4.78, 5) is 4.35. The number of ether oxygens (including phenoxy) is 2. The summed E-state index contributed by atoms with van der Waals surface area (Å²) in [5.41, 5.74) is 6.72. The highest BCUT2D eigenvalue weighted by Gasteiger charge is 2.38. The number of methoxy groups -OCH3 is 2. The average molecular weight is 301 g/mol. The molecule has 0 bridgehead atoms. The summed E-state index contributed by atoms with van der Waals surface area (Å²) < 4.78 is 15.7. The lowest BCUT2D eigenvalue weighted by Gasteiger charge is -2.34. The molecule has 1 saturated carbocycles. The summed E-state index contributed by atoms with van der Waals surface area (Å²) in [6.45, 7) is 0. The lowest BCUT2D eigenvalue weighted by molar-refractivity contribution is 0.229. The van der Waals surface area contributed by atoms with E-state index >= 15 is 0 Å². The Balaban J connectivity index is 1.76. The molecule has 0 radical (unpaired) electrons. The van der Waals surface area contributed by atoms with Gasteiger partial charge in [0.2, 0.25) is 0 Å². The van der Waals surface area contributed by atoms with E-state index in [0.717, 1.165) is 24.8 Å². The molecule has 1 aliphatic rings. The first kappa shape index (κ1) is 14.6. The van der Waals surface area contributed by atoms with Gasteiger partial charge in [0.15, 0.2) is 17.3 Å². The van der Waals surface area contributed by atoms with Crippen molar-refractivity contribution in [2.24, 2.45) is 5.73 Å². The Morgan fingerprint density at radius 3 is 2.59 bits per heavy atom. The number of hydrogen-bond acceptors (Lipinski definition) is 6. The third-order valence-corrected chi connectivity index (χ3v) is 3.96. The minimum Gasteiger partial charge on any atom is -0.493 e. The molecule has 6 heteroatoms. The highest BCUT2D eigenvalue weighted by atomic mass is 16.5. The molecular weight excluding hydrogens is 282 g/mol. The summed E-state index contributed by atoms with van der Waals surface area (Å²) in [5, 5.41) is 3.98. The van der Waals surface area contributed by atoms with Gasteiger partial charge in [-0.2, -0.15) is 4.98 Å². The van der Waals surface area contributed by atoms with Crippen LogP contribution in [0.3, 0.4) is 0 Å². The molecule has 2 N–H and O–H groups in total. The van der Waals surface area contributed by atoms with Gasteiger partial charge in [0.1, 0.15) is 0 Å². The SMILES string of the molecule is COc1ccc(/C=C/c2nc(C3(N)CCC3)no2)cc1OC. The van der Waals surface area contributed by atoms with E-state index in [2.05, 4.69) is 10.1 Å². The second-order valence-corrected chi connectivity index (χ2v) is 5.41. The van der Waals surface area contributed by atoms with E-state index in [-0.39, 0.29) is 0 Å². The standard InChI is InChI=1S/C16H19N3O3/c1-20-12-6-4-11(10-13(12)21-2)5-7-14-18-15(19-22-14)16(17)8-3-9-16/h4-7,10H,3,8-9,17H2,1-2H3/b7-5+. The van der Waals surface area contributed by atoms with Crippen LogP contribution in [0.4, 0.5) is 0 Å². The highest BCUT2D eigenvalue weighted by Crippen LogP contribution is 2.37. The molecule has 1 aliphatic carbocycles. The normalized spacial score (nSPS) is 16.5. The van der Waals surface area contributed by atoms with Crippen molar-refractivity contribution in [3.8, 4) is 11.5 Å². The molecular formula is C16H19N3O3. The van der Waals surface area contributed by atoms with Crippen molar-refractivity contribution in [3.63, 3.8) is 0 Å². The largest absolute Gasteiger partial charge is 0.493 e. The van der Waals surface area contributed by atoms with Crippen LogP contribution in [0.2, 0.25) is 0 Å². The fourth-order valence-electron chi connectivity index (χ4n) is 2.41. The van der Waals surface area contributed by atoms with E-state index in [4.69, 9.17) is 19.7 Å². The monoisotopic (exact) mass is 301 g/mol. The zero-order valence-corrected chi connectivity index (χ0v) is 12.7. The Labute approximate surface area is 128 Å². The van der Waals surface area contributed by atoms with Gasteiger partial charge in [0, 0.05) is 6.08 Å². The van der Waals surface area contributed by atoms with Gasteiger partial charge in [-0.15, -0.1) is 0 Å². The number of nitrogens with two attached hydrogens (primary N) is 1.